The summed E-state index contributed by atoms with van der Waals surface area (Å²) in [5, 5.41) is 3.45. The summed E-state index contributed by atoms with van der Waals surface area (Å²) in [6, 6.07) is 14.6. The summed E-state index contributed by atoms with van der Waals surface area (Å²) in [6.45, 7) is 9.00. The molecule has 0 radical (unpaired) electrons. The van der Waals surface area contributed by atoms with Gasteiger partial charge in [-0.15, -0.1) is 0 Å². The molecule has 0 bridgehead atoms. The van der Waals surface area contributed by atoms with E-state index in [1.807, 2.05) is 19.1 Å². The molecule has 0 heterocycles. The van der Waals surface area contributed by atoms with Crippen molar-refractivity contribution in [3.05, 3.63) is 59.2 Å². The van der Waals surface area contributed by atoms with Gasteiger partial charge in [0.05, 0.1) is 6.61 Å². The largest absolute Gasteiger partial charge is 0.491 e. The van der Waals surface area contributed by atoms with E-state index < -0.39 is 0 Å². The van der Waals surface area contributed by atoms with Crippen molar-refractivity contribution in [2.75, 3.05) is 25.1 Å². The Morgan fingerprint density at radius 2 is 1.68 bits per heavy atom. The molecule has 0 aromatic heterocycles. The van der Waals surface area contributed by atoms with Crippen LogP contribution in [0.5, 0.6) is 5.75 Å². The van der Waals surface area contributed by atoms with E-state index in [2.05, 4.69) is 49.5 Å². The zero-order valence-electron chi connectivity index (χ0n) is 13.7. The van der Waals surface area contributed by atoms with Crippen LogP contribution in [0, 0.1) is 13.8 Å². The number of ether oxygens (including phenoxy) is 2. The lowest BCUT2D eigenvalue weighted by Crippen LogP contribution is -2.06. The van der Waals surface area contributed by atoms with Crippen LogP contribution in [0.1, 0.15) is 23.6 Å². The minimum atomic E-state index is 0.591. The van der Waals surface area contributed by atoms with E-state index in [1.165, 1.54) is 16.7 Å². The summed E-state index contributed by atoms with van der Waals surface area (Å²) in [5.74, 6) is 0.884. The van der Waals surface area contributed by atoms with Gasteiger partial charge in [-0.3, -0.25) is 0 Å². The third-order valence-corrected chi connectivity index (χ3v) is 3.63. The Hall–Kier alpha value is -2.00. The van der Waals surface area contributed by atoms with Crippen molar-refractivity contribution in [1.82, 2.24) is 0 Å². The van der Waals surface area contributed by atoms with E-state index in [1.54, 1.807) is 0 Å². The Balaban J connectivity index is 1.82. The Morgan fingerprint density at radius 1 is 0.909 bits per heavy atom. The first-order chi connectivity index (χ1) is 10.7. The van der Waals surface area contributed by atoms with Gasteiger partial charge in [-0.2, -0.15) is 0 Å². The Labute approximate surface area is 133 Å². The maximum atomic E-state index is 5.61. The molecule has 0 saturated carbocycles. The highest BCUT2D eigenvalue weighted by Crippen LogP contribution is 2.16. The van der Waals surface area contributed by atoms with Gasteiger partial charge in [0.15, 0.2) is 0 Å². The Kier molecular flexibility index (Phi) is 6.28. The molecule has 0 amide bonds. The summed E-state index contributed by atoms with van der Waals surface area (Å²) in [6.07, 6.45) is 0. The minimum absolute atomic E-state index is 0.591. The van der Waals surface area contributed by atoms with E-state index in [9.17, 15) is 0 Å². The fourth-order valence-corrected chi connectivity index (χ4v) is 2.12. The van der Waals surface area contributed by atoms with Crippen molar-refractivity contribution >= 4 is 5.69 Å². The molecule has 2 rings (SSSR count). The smallest absolute Gasteiger partial charge is 0.119 e. The number of aryl methyl sites for hydroxylation is 2. The molecule has 0 fully saturated rings. The average Bonchev–Trinajstić information content (AvgIpc) is 2.54. The van der Waals surface area contributed by atoms with E-state index in [-0.39, 0.29) is 0 Å². The van der Waals surface area contributed by atoms with Gasteiger partial charge in [0.25, 0.3) is 0 Å². The molecule has 0 aliphatic rings. The predicted octanol–water partition coefficient (Wildman–Crippen LogP) is 4.33. The lowest BCUT2D eigenvalue weighted by atomic mass is 10.1. The fraction of sp³-hybridized carbons (Fsp3) is 0.368. The summed E-state index contributed by atoms with van der Waals surface area (Å²) >= 11 is 0. The molecule has 0 atom stereocenters. The number of rotatable bonds is 8. The second kappa shape index (κ2) is 8.44. The topological polar surface area (TPSA) is 30.5 Å². The second-order valence-electron chi connectivity index (χ2n) is 5.34. The van der Waals surface area contributed by atoms with Crippen LogP contribution in [0.25, 0.3) is 0 Å². The van der Waals surface area contributed by atoms with Crippen LogP contribution >= 0.6 is 0 Å². The predicted molar refractivity (Wildman–Crippen MR) is 91.7 cm³/mol. The summed E-state index contributed by atoms with van der Waals surface area (Å²) in [7, 11) is 0. The maximum Gasteiger partial charge on any atom is 0.119 e. The van der Waals surface area contributed by atoms with Crippen LogP contribution in [-0.2, 0) is 11.3 Å². The fourth-order valence-electron chi connectivity index (χ4n) is 2.12. The molecule has 0 aliphatic heterocycles. The van der Waals surface area contributed by atoms with Gasteiger partial charge in [0, 0.05) is 18.8 Å². The highest BCUT2D eigenvalue weighted by atomic mass is 16.5. The normalized spacial score (nSPS) is 10.5. The minimum Gasteiger partial charge on any atom is -0.491 e. The molecular weight excluding hydrogens is 274 g/mol. The van der Waals surface area contributed by atoms with Crippen LogP contribution in [-0.4, -0.2) is 19.8 Å². The van der Waals surface area contributed by atoms with Gasteiger partial charge in [0.1, 0.15) is 12.4 Å². The van der Waals surface area contributed by atoms with Crippen LogP contribution in [0.4, 0.5) is 5.69 Å². The molecule has 22 heavy (non-hydrogen) atoms. The van der Waals surface area contributed by atoms with Crippen molar-refractivity contribution in [2.45, 2.75) is 27.3 Å². The molecule has 118 valence electrons. The highest BCUT2D eigenvalue weighted by molar-refractivity contribution is 5.48. The number of hydrogen-bond donors (Lipinski definition) is 1. The van der Waals surface area contributed by atoms with Gasteiger partial charge >= 0.3 is 0 Å². The van der Waals surface area contributed by atoms with Gasteiger partial charge in [0.2, 0.25) is 0 Å². The maximum absolute atomic E-state index is 5.61. The Bertz CT molecular complexity index is 578. The van der Waals surface area contributed by atoms with Crippen molar-refractivity contribution < 1.29 is 9.47 Å². The SMILES string of the molecule is CCOCCOc1ccc(CNc2ccc(C)c(C)c2)cc1. The highest BCUT2D eigenvalue weighted by Gasteiger charge is 1.98. The van der Waals surface area contributed by atoms with E-state index in [0.717, 1.165) is 24.6 Å². The molecule has 3 nitrogen and oxygen atoms in total. The first kappa shape index (κ1) is 16.4. The Morgan fingerprint density at radius 3 is 2.36 bits per heavy atom. The molecule has 0 unspecified atom stereocenters. The van der Waals surface area contributed by atoms with Crippen LogP contribution in [0.15, 0.2) is 42.5 Å². The van der Waals surface area contributed by atoms with E-state index in [0.29, 0.717) is 13.2 Å². The van der Waals surface area contributed by atoms with Crippen LogP contribution < -0.4 is 10.1 Å². The molecular formula is C19H25NO2. The molecule has 0 saturated heterocycles. The van der Waals surface area contributed by atoms with Gasteiger partial charge in [-0.1, -0.05) is 18.2 Å². The standard InChI is InChI=1S/C19H25NO2/c1-4-21-11-12-22-19-9-6-17(7-10-19)14-20-18-8-5-15(2)16(3)13-18/h5-10,13,20H,4,11-12,14H2,1-3H3. The zero-order valence-corrected chi connectivity index (χ0v) is 13.7. The number of hydrogen-bond acceptors (Lipinski definition) is 3. The first-order valence-electron chi connectivity index (χ1n) is 7.79. The lowest BCUT2D eigenvalue weighted by Gasteiger charge is -2.10. The molecule has 2 aromatic rings. The molecule has 2 aromatic carbocycles. The molecule has 3 heteroatoms. The lowest BCUT2D eigenvalue weighted by molar-refractivity contribution is 0.110. The van der Waals surface area contributed by atoms with Crippen LogP contribution in [0.2, 0.25) is 0 Å². The van der Waals surface area contributed by atoms with Crippen molar-refractivity contribution in [2.24, 2.45) is 0 Å². The molecule has 0 aliphatic carbocycles. The molecule has 1 N–H and O–H groups in total. The van der Waals surface area contributed by atoms with E-state index in [4.69, 9.17) is 9.47 Å². The third-order valence-electron chi connectivity index (χ3n) is 3.63. The van der Waals surface area contributed by atoms with Gasteiger partial charge in [-0.05, 0) is 61.7 Å². The monoisotopic (exact) mass is 299 g/mol. The molecule has 0 spiro atoms. The van der Waals surface area contributed by atoms with Gasteiger partial charge < -0.3 is 14.8 Å². The summed E-state index contributed by atoms with van der Waals surface area (Å²) in [5.41, 5.74) is 5.01. The average molecular weight is 299 g/mol. The number of benzene rings is 2. The third kappa shape index (κ3) is 5.08. The van der Waals surface area contributed by atoms with Gasteiger partial charge in [-0.25, -0.2) is 0 Å². The number of anilines is 1. The van der Waals surface area contributed by atoms with E-state index >= 15 is 0 Å². The number of nitrogens with one attached hydrogen (secondary N) is 1. The first-order valence-corrected chi connectivity index (χ1v) is 7.79. The van der Waals surface area contributed by atoms with Crippen LogP contribution in [0.3, 0.4) is 0 Å². The van der Waals surface area contributed by atoms with Crippen molar-refractivity contribution in [3.8, 4) is 5.75 Å². The summed E-state index contributed by atoms with van der Waals surface area (Å²) < 4.78 is 10.9. The quantitative estimate of drug-likeness (QED) is 0.736. The zero-order chi connectivity index (χ0) is 15.8. The van der Waals surface area contributed by atoms with Crippen molar-refractivity contribution in [3.63, 3.8) is 0 Å². The second-order valence-corrected chi connectivity index (χ2v) is 5.34. The van der Waals surface area contributed by atoms with Crippen molar-refractivity contribution in [1.29, 1.82) is 0 Å². The summed E-state index contributed by atoms with van der Waals surface area (Å²) in [4.78, 5) is 0.